The number of amides is 1. The summed E-state index contributed by atoms with van der Waals surface area (Å²) in [4.78, 5) is 16.8. The maximum absolute atomic E-state index is 12.1. The average molecular weight is 272 g/mol. The van der Waals surface area contributed by atoms with Crippen LogP contribution >= 0.6 is 0 Å². The first kappa shape index (κ1) is 13.2. The molecule has 0 radical (unpaired) electrons. The third-order valence-electron chi connectivity index (χ3n) is 4.30. The molecule has 0 spiro atoms. The Labute approximate surface area is 119 Å². The van der Waals surface area contributed by atoms with E-state index in [2.05, 4.69) is 12.2 Å². The monoisotopic (exact) mass is 272 g/mol. The first-order valence-electron chi connectivity index (χ1n) is 7.16. The summed E-state index contributed by atoms with van der Waals surface area (Å²) in [5.41, 5.74) is 0.968. The minimum Gasteiger partial charge on any atom is -0.486 e. The molecule has 1 aromatic rings. The van der Waals surface area contributed by atoms with Crippen LogP contribution in [-0.4, -0.2) is 23.9 Å². The van der Waals surface area contributed by atoms with Gasteiger partial charge in [0, 0.05) is 0 Å². The van der Waals surface area contributed by atoms with Gasteiger partial charge in [-0.1, -0.05) is 24.1 Å². The minimum absolute atomic E-state index is 0.0330. The number of fused-ring (bicyclic) bond motifs is 1. The summed E-state index contributed by atoms with van der Waals surface area (Å²) in [5.74, 6) is 1.58. The summed E-state index contributed by atoms with van der Waals surface area (Å²) in [6, 6.07) is 7.87. The smallest absolute Gasteiger partial charge is 0.230 e. The van der Waals surface area contributed by atoms with Crippen LogP contribution < -0.4 is 10.1 Å². The molecule has 1 saturated carbocycles. The van der Waals surface area contributed by atoms with Crippen molar-refractivity contribution in [1.82, 2.24) is 5.32 Å². The third-order valence-corrected chi connectivity index (χ3v) is 4.30. The van der Waals surface area contributed by atoms with Gasteiger partial charge in [-0.05, 0) is 38.8 Å². The number of aryl methyl sites for hydroxylation is 1. The van der Waals surface area contributed by atoms with E-state index in [9.17, 15) is 4.79 Å². The maximum Gasteiger partial charge on any atom is 0.230 e. The van der Waals surface area contributed by atoms with E-state index in [0.717, 1.165) is 25.0 Å². The van der Waals surface area contributed by atoms with Gasteiger partial charge in [0.1, 0.15) is 18.2 Å². The van der Waals surface area contributed by atoms with Crippen LogP contribution in [0.2, 0.25) is 0 Å². The van der Waals surface area contributed by atoms with Crippen LogP contribution in [0.3, 0.4) is 0 Å². The first-order valence-corrected chi connectivity index (χ1v) is 7.16. The SMILES string of the molecule is Cc1ccc(OCC2=N[C@@]3(C)CCC[C@H]3C(=O)N2)cc1. The highest BCUT2D eigenvalue weighted by Gasteiger charge is 2.46. The van der Waals surface area contributed by atoms with Crippen LogP contribution in [0.25, 0.3) is 0 Å². The molecule has 1 aliphatic carbocycles. The third kappa shape index (κ3) is 2.42. The molecule has 4 nitrogen and oxygen atoms in total. The number of benzene rings is 1. The molecule has 1 fully saturated rings. The molecule has 2 aliphatic rings. The van der Waals surface area contributed by atoms with Gasteiger partial charge in [0.2, 0.25) is 5.91 Å². The van der Waals surface area contributed by atoms with E-state index in [-0.39, 0.29) is 17.4 Å². The van der Waals surface area contributed by atoms with E-state index < -0.39 is 0 Å². The predicted octanol–water partition coefficient (Wildman–Crippen LogP) is 2.46. The van der Waals surface area contributed by atoms with Gasteiger partial charge in [-0.25, -0.2) is 0 Å². The molecular weight excluding hydrogens is 252 g/mol. The van der Waals surface area contributed by atoms with Gasteiger partial charge in [-0.15, -0.1) is 0 Å². The number of carbonyl (C=O) groups is 1. The van der Waals surface area contributed by atoms with Crippen molar-refractivity contribution in [1.29, 1.82) is 0 Å². The van der Waals surface area contributed by atoms with Crippen molar-refractivity contribution < 1.29 is 9.53 Å². The molecule has 0 bridgehead atoms. The van der Waals surface area contributed by atoms with Crippen LogP contribution in [0.5, 0.6) is 5.75 Å². The topological polar surface area (TPSA) is 50.7 Å². The zero-order valence-corrected chi connectivity index (χ0v) is 12.0. The lowest BCUT2D eigenvalue weighted by atomic mass is 9.87. The molecule has 1 aromatic carbocycles. The van der Waals surface area contributed by atoms with Crippen LogP contribution in [0.4, 0.5) is 0 Å². The van der Waals surface area contributed by atoms with Crippen molar-refractivity contribution in [3.05, 3.63) is 29.8 Å². The Bertz CT molecular complexity index is 550. The van der Waals surface area contributed by atoms with Crippen molar-refractivity contribution in [2.24, 2.45) is 10.9 Å². The summed E-state index contributed by atoms with van der Waals surface area (Å²) in [6.45, 7) is 4.43. The van der Waals surface area contributed by atoms with Crippen LogP contribution in [0, 0.1) is 12.8 Å². The van der Waals surface area contributed by atoms with E-state index in [1.165, 1.54) is 5.56 Å². The van der Waals surface area contributed by atoms with Gasteiger partial charge < -0.3 is 10.1 Å². The average Bonchev–Trinajstić information content (AvgIpc) is 2.80. The van der Waals surface area contributed by atoms with E-state index in [1.54, 1.807) is 0 Å². The predicted molar refractivity (Wildman–Crippen MR) is 78.0 cm³/mol. The van der Waals surface area contributed by atoms with Crippen LogP contribution in [-0.2, 0) is 4.79 Å². The zero-order valence-electron chi connectivity index (χ0n) is 12.0. The Morgan fingerprint density at radius 3 is 2.90 bits per heavy atom. The van der Waals surface area contributed by atoms with Gasteiger partial charge in [0.05, 0.1) is 11.5 Å². The van der Waals surface area contributed by atoms with Crippen molar-refractivity contribution in [3.8, 4) is 5.75 Å². The highest BCUT2D eigenvalue weighted by Crippen LogP contribution is 2.40. The molecule has 4 heteroatoms. The molecule has 3 rings (SSSR count). The molecule has 1 aliphatic heterocycles. The van der Waals surface area contributed by atoms with Crippen molar-refractivity contribution in [3.63, 3.8) is 0 Å². The Kier molecular flexibility index (Phi) is 3.24. The van der Waals surface area contributed by atoms with Crippen molar-refractivity contribution in [2.45, 2.75) is 38.6 Å². The number of amidine groups is 1. The van der Waals surface area contributed by atoms with Crippen molar-refractivity contribution >= 4 is 11.7 Å². The number of nitrogens with one attached hydrogen (secondary N) is 1. The Morgan fingerprint density at radius 1 is 1.40 bits per heavy atom. The van der Waals surface area contributed by atoms with Gasteiger partial charge in [0.25, 0.3) is 0 Å². The fourth-order valence-corrected chi connectivity index (χ4v) is 3.12. The van der Waals surface area contributed by atoms with Gasteiger partial charge in [-0.2, -0.15) is 0 Å². The fraction of sp³-hybridized carbons (Fsp3) is 0.500. The van der Waals surface area contributed by atoms with E-state index in [1.807, 2.05) is 31.2 Å². The molecule has 1 N–H and O–H groups in total. The summed E-state index contributed by atoms with van der Waals surface area (Å²) < 4.78 is 5.70. The first-order chi connectivity index (χ1) is 9.57. The number of carbonyl (C=O) groups excluding carboxylic acids is 1. The number of hydrogen-bond acceptors (Lipinski definition) is 3. The van der Waals surface area contributed by atoms with Gasteiger partial charge >= 0.3 is 0 Å². The summed E-state index contributed by atoms with van der Waals surface area (Å²) in [7, 11) is 0. The minimum atomic E-state index is -0.228. The Morgan fingerprint density at radius 2 is 2.15 bits per heavy atom. The lowest BCUT2D eigenvalue weighted by molar-refractivity contribution is -0.125. The largest absolute Gasteiger partial charge is 0.486 e. The molecule has 1 heterocycles. The fourth-order valence-electron chi connectivity index (χ4n) is 3.12. The molecule has 0 unspecified atom stereocenters. The molecule has 0 aromatic heterocycles. The quantitative estimate of drug-likeness (QED) is 0.919. The maximum atomic E-state index is 12.1. The number of hydrogen-bond donors (Lipinski definition) is 1. The Balaban J connectivity index is 1.70. The lowest BCUT2D eigenvalue weighted by Gasteiger charge is -2.32. The van der Waals surface area contributed by atoms with Gasteiger partial charge in [-0.3, -0.25) is 9.79 Å². The van der Waals surface area contributed by atoms with E-state index in [4.69, 9.17) is 9.73 Å². The van der Waals surface area contributed by atoms with E-state index in [0.29, 0.717) is 12.4 Å². The lowest BCUT2D eigenvalue weighted by Crippen LogP contribution is -2.50. The molecule has 0 saturated heterocycles. The summed E-state index contributed by atoms with van der Waals surface area (Å²) in [6.07, 6.45) is 3.00. The molecule has 2 atom stereocenters. The standard InChI is InChI=1S/C16H20N2O2/c1-11-5-7-12(8-6-11)20-10-14-17-15(19)13-4-3-9-16(13,2)18-14/h5-8,13H,3-4,9-10H2,1-2H3,(H,17,18,19)/t13-,16-/m0/s1. The second kappa shape index (κ2) is 4.93. The second-order valence-corrected chi connectivity index (χ2v) is 5.95. The molecule has 1 amide bonds. The number of ether oxygens (including phenoxy) is 1. The zero-order chi connectivity index (χ0) is 14.2. The highest BCUT2D eigenvalue weighted by molar-refractivity contribution is 6.02. The summed E-state index contributed by atoms with van der Waals surface area (Å²) in [5, 5.41) is 2.88. The summed E-state index contributed by atoms with van der Waals surface area (Å²) >= 11 is 0. The Hall–Kier alpha value is -1.84. The highest BCUT2D eigenvalue weighted by atomic mass is 16.5. The van der Waals surface area contributed by atoms with E-state index >= 15 is 0 Å². The number of aliphatic imine (C=N–C) groups is 1. The normalized spacial score (nSPS) is 28.6. The second-order valence-electron chi connectivity index (χ2n) is 5.95. The van der Waals surface area contributed by atoms with Gasteiger partial charge in [0.15, 0.2) is 0 Å². The number of nitrogens with zero attached hydrogens (tertiary/aromatic N) is 1. The number of rotatable bonds is 3. The molecule has 106 valence electrons. The molecular formula is C16H20N2O2. The van der Waals surface area contributed by atoms with Crippen LogP contribution in [0.15, 0.2) is 29.3 Å². The molecule has 20 heavy (non-hydrogen) atoms. The van der Waals surface area contributed by atoms with Crippen molar-refractivity contribution in [2.75, 3.05) is 6.61 Å². The van der Waals surface area contributed by atoms with Crippen LogP contribution in [0.1, 0.15) is 31.7 Å².